The number of nitrogens with zero attached hydrogens (tertiary/aromatic N) is 1. The first-order chi connectivity index (χ1) is 9.28. The number of amidine groups is 1. The van der Waals surface area contributed by atoms with Crippen LogP contribution in [0.5, 0.6) is 5.75 Å². The number of aliphatic imine (C=N–C) groups is 1. The molecule has 0 saturated heterocycles. The quantitative estimate of drug-likeness (QED) is 0.659. The van der Waals surface area contributed by atoms with E-state index in [0.29, 0.717) is 18.8 Å². The molecule has 0 unspecified atom stereocenters. The fourth-order valence-electron chi connectivity index (χ4n) is 1.78. The summed E-state index contributed by atoms with van der Waals surface area (Å²) in [6.45, 7) is 0.600. The fourth-order valence-corrected chi connectivity index (χ4v) is 1.78. The highest BCUT2D eigenvalue weighted by atomic mass is 16.5. The highest BCUT2D eigenvalue weighted by Crippen LogP contribution is 2.12. The second kappa shape index (κ2) is 6.59. The van der Waals surface area contributed by atoms with Crippen molar-refractivity contribution in [1.29, 1.82) is 0 Å². The molecule has 0 radical (unpaired) electrons. The summed E-state index contributed by atoms with van der Waals surface area (Å²) in [5.74, 6) is 1.51. The average Bonchev–Trinajstić information content (AvgIpc) is 2.47. The van der Waals surface area contributed by atoms with E-state index in [0.717, 1.165) is 11.3 Å². The minimum Gasteiger partial charge on any atom is -0.497 e. The molecule has 0 atom stereocenters. The number of hydrogen-bond acceptors (Lipinski definition) is 2. The first kappa shape index (κ1) is 13.1. The normalized spacial score (nSPS) is 11.3. The lowest BCUT2D eigenvalue weighted by atomic mass is 10.1. The van der Waals surface area contributed by atoms with Crippen LogP contribution in [0.4, 0.5) is 0 Å². The predicted octanol–water partition coefficient (Wildman–Crippen LogP) is 2.80. The predicted molar refractivity (Wildman–Crippen MR) is 78.5 cm³/mol. The van der Waals surface area contributed by atoms with E-state index in [1.807, 2.05) is 42.5 Å². The minimum atomic E-state index is 0.600. The van der Waals surface area contributed by atoms with Crippen molar-refractivity contribution in [2.45, 2.75) is 13.0 Å². The Balaban J connectivity index is 1.93. The van der Waals surface area contributed by atoms with Gasteiger partial charge in [-0.3, -0.25) is 4.99 Å². The summed E-state index contributed by atoms with van der Waals surface area (Å²) in [5, 5.41) is 0. The van der Waals surface area contributed by atoms with Crippen LogP contribution in [0.2, 0.25) is 0 Å². The molecule has 2 aromatic rings. The van der Waals surface area contributed by atoms with Crippen molar-refractivity contribution in [3.05, 3.63) is 65.7 Å². The molecule has 2 rings (SSSR count). The SMILES string of the molecule is COc1ccc(CN=C(N)Cc2ccccc2)cc1. The number of nitrogens with two attached hydrogens (primary N) is 1. The second-order valence-corrected chi connectivity index (χ2v) is 4.32. The first-order valence-electron chi connectivity index (χ1n) is 6.23. The van der Waals surface area contributed by atoms with E-state index in [2.05, 4.69) is 17.1 Å². The molecule has 0 amide bonds. The molecular weight excluding hydrogens is 236 g/mol. The smallest absolute Gasteiger partial charge is 0.118 e. The Morgan fingerprint density at radius 1 is 1.00 bits per heavy atom. The van der Waals surface area contributed by atoms with Gasteiger partial charge in [0.15, 0.2) is 0 Å². The number of benzene rings is 2. The van der Waals surface area contributed by atoms with E-state index < -0.39 is 0 Å². The Bertz CT molecular complexity index is 532. The van der Waals surface area contributed by atoms with Crippen LogP contribution in [-0.2, 0) is 13.0 Å². The molecule has 19 heavy (non-hydrogen) atoms. The number of methoxy groups -OCH3 is 1. The van der Waals surface area contributed by atoms with Crippen LogP contribution < -0.4 is 10.5 Å². The van der Waals surface area contributed by atoms with Gasteiger partial charge >= 0.3 is 0 Å². The highest BCUT2D eigenvalue weighted by molar-refractivity contribution is 5.82. The maximum atomic E-state index is 5.93. The van der Waals surface area contributed by atoms with Crippen molar-refractivity contribution in [2.24, 2.45) is 10.7 Å². The summed E-state index contributed by atoms with van der Waals surface area (Å²) in [6, 6.07) is 18.0. The van der Waals surface area contributed by atoms with Crippen molar-refractivity contribution in [1.82, 2.24) is 0 Å². The lowest BCUT2D eigenvalue weighted by Gasteiger charge is -2.03. The summed E-state index contributed by atoms with van der Waals surface area (Å²) < 4.78 is 5.11. The molecular formula is C16H18N2O. The molecule has 2 N–H and O–H groups in total. The van der Waals surface area contributed by atoms with Crippen molar-refractivity contribution in [3.63, 3.8) is 0 Å². The van der Waals surface area contributed by atoms with Crippen LogP contribution in [0.1, 0.15) is 11.1 Å². The molecule has 98 valence electrons. The van der Waals surface area contributed by atoms with Gasteiger partial charge in [0.1, 0.15) is 5.75 Å². The molecule has 0 aliphatic rings. The van der Waals surface area contributed by atoms with Crippen molar-refractivity contribution < 1.29 is 4.74 Å². The summed E-state index contributed by atoms with van der Waals surface area (Å²) in [5.41, 5.74) is 8.24. The molecule has 0 fully saturated rings. The zero-order chi connectivity index (χ0) is 13.5. The molecule has 0 heterocycles. The maximum absolute atomic E-state index is 5.93. The Hall–Kier alpha value is -2.29. The third kappa shape index (κ3) is 4.14. The third-order valence-corrected chi connectivity index (χ3v) is 2.85. The molecule has 3 heteroatoms. The van der Waals surface area contributed by atoms with Gasteiger partial charge in [0, 0.05) is 6.42 Å². The van der Waals surface area contributed by atoms with Crippen LogP contribution in [0.25, 0.3) is 0 Å². The Kier molecular flexibility index (Phi) is 4.56. The Morgan fingerprint density at radius 2 is 1.68 bits per heavy atom. The number of rotatable bonds is 5. The van der Waals surface area contributed by atoms with Crippen LogP contribution in [0.3, 0.4) is 0 Å². The van der Waals surface area contributed by atoms with Crippen LogP contribution in [0, 0.1) is 0 Å². The van der Waals surface area contributed by atoms with Crippen LogP contribution in [0.15, 0.2) is 59.6 Å². The van der Waals surface area contributed by atoms with Crippen molar-refractivity contribution in [2.75, 3.05) is 7.11 Å². The molecule has 0 aliphatic carbocycles. The van der Waals surface area contributed by atoms with Gasteiger partial charge in [0.05, 0.1) is 19.5 Å². The van der Waals surface area contributed by atoms with Crippen LogP contribution in [-0.4, -0.2) is 12.9 Å². The zero-order valence-corrected chi connectivity index (χ0v) is 11.0. The number of hydrogen-bond donors (Lipinski definition) is 1. The summed E-state index contributed by atoms with van der Waals surface area (Å²) in [7, 11) is 1.66. The van der Waals surface area contributed by atoms with Gasteiger partial charge in [-0.2, -0.15) is 0 Å². The third-order valence-electron chi connectivity index (χ3n) is 2.85. The van der Waals surface area contributed by atoms with Crippen molar-refractivity contribution >= 4 is 5.84 Å². The fraction of sp³-hybridized carbons (Fsp3) is 0.188. The van der Waals surface area contributed by atoms with E-state index in [4.69, 9.17) is 10.5 Å². The molecule has 0 aromatic heterocycles. The van der Waals surface area contributed by atoms with Crippen molar-refractivity contribution in [3.8, 4) is 5.75 Å². The standard InChI is InChI=1S/C16H18N2O/c1-19-15-9-7-14(8-10-15)12-18-16(17)11-13-5-3-2-4-6-13/h2-10H,11-12H2,1H3,(H2,17,18). The second-order valence-electron chi connectivity index (χ2n) is 4.32. The Morgan fingerprint density at radius 3 is 2.32 bits per heavy atom. The van der Waals surface area contributed by atoms with E-state index in [1.54, 1.807) is 7.11 Å². The molecule has 0 bridgehead atoms. The minimum absolute atomic E-state index is 0.600. The van der Waals surface area contributed by atoms with Gasteiger partial charge < -0.3 is 10.5 Å². The first-order valence-corrected chi connectivity index (χ1v) is 6.23. The molecule has 2 aromatic carbocycles. The van der Waals surface area contributed by atoms with Gasteiger partial charge in [-0.1, -0.05) is 42.5 Å². The summed E-state index contributed by atoms with van der Waals surface area (Å²) in [4.78, 5) is 4.40. The zero-order valence-electron chi connectivity index (χ0n) is 11.0. The van der Waals surface area contributed by atoms with E-state index >= 15 is 0 Å². The van der Waals surface area contributed by atoms with Gasteiger partial charge in [-0.15, -0.1) is 0 Å². The van der Waals surface area contributed by atoms with Crippen LogP contribution >= 0.6 is 0 Å². The number of ether oxygens (including phenoxy) is 1. The van der Waals surface area contributed by atoms with Gasteiger partial charge in [-0.05, 0) is 23.3 Å². The average molecular weight is 254 g/mol. The molecule has 0 saturated carbocycles. The maximum Gasteiger partial charge on any atom is 0.118 e. The molecule has 0 spiro atoms. The van der Waals surface area contributed by atoms with Gasteiger partial charge in [0.25, 0.3) is 0 Å². The monoisotopic (exact) mass is 254 g/mol. The van der Waals surface area contributed by atoms with E-state index in [1.165, 1.54) is 5.56 Å². The lowest BCUT2D eigenvalue weighted by Crippen LogP contribution is -2.15. The lowest BCUT2D eigenvalue weighted by molar-refractivity contribution is 0.414. The molecule has 0 aliphatic heterocycles. The topological polar surface area (TPSA) is 47.6 Å². The summed E-state index contributed by atoms with van der Waals surface area (Å²) >= 11 is 0. The largest absolute Gasteiger partial charge is 0.497 e. The Labute approximate surface area is 113 Å². The molecule has 3 nitrogen and oxygen atoms in total. The van der Waals surface area contributed by atoms with E-state index in [-0.39, 0.29) is 0 Å². The summed E-state index contributed by atoms with van der Waals surface area (Å²) in [6.07, 6.45) is 0.691. The van der Waals surface area contributed by atoms with E-state index in [9.17, 15) is 0 Å². The van der Waals surface area contributed by atoms with Gasteiger partial charge in [-0.25, -0.2) is 0 Å². The highest BCUT2D eigenvalue weighted by Gasteiger charge is 1.97. The van der Waals surface area contributed by atoms with Gasteiger partial charge in [0.2, 0.25) is 0 Å².